The highest BCUT2D eigenvalue weighted by Crippen LogP contribution is 3.03. The van der Waals surface area contributed by atoms with Gasteiger partial charge in [0.05, 0.1) is 5.75 Å². The Labute approximate surface area is 222 Å². The molecule has 0 N–H and O–H groups in total. The summed E-state index contributed by atoms with van der Waals surface area (Å²) < 4.78 is 31.7. The number of fused-ring (bicyclic) bond motifs is 1. The second-order valence-electron chi connectivity index (χ2n) is 12.3. The molecular weight excluding hydrogens is 498 g/mol. The molecule has 7 heteroatoms. The van der Waals surface area contributed by atoms with Crippen LogP contribution >= 0.6 is 0 Å². The van der Waals surface area contributed by atoms with E-state index in [0.29, 0.717) is 29.9 Å². The molecule has 3 aromatic carbocycles. The molecule has 4 fully saturated rings. The minimum atomic E-state index is -4.13. The summed E-state index contributed by atoms with van der Waals surface area (Å²) in [5, 5.41) is 5.70. The number of oxime groups is 1. The van der Waals surface area contributed by atoms with Crippen LogP contribution in [0.2, 0.25) is 0 Å². The zero-order chi connectivity index (χ0) is 26.7. The summed E-state index contributed by atoms with van der Waals surface area (Å²) in [5.74, 6) is -0.0758. The van der Waals surface area contributed by atoms with E-state index in [1.165, 1.54) is 0 Å². The molecule has 0 aromatic heterocycles. The van der Waals surface area contributed by atoms with E-state index in [4.69, 9.17) is 4.28 Å². The van der Waals surface area contributed by atoms with Crippen molar-refractivity contribution in [1.29, 1.82) is 0 Å². The summed E-state index contributed by atoms with van der Waals surface area (Å²) in [5.41, 5.74) is 0.854. The van der Waals surface area contributed by atoms with Gasteiger partial charge in [0.25, 0.3) is 0 Å². The van der Waals surface area contributed by atoms with E-state index < -0.39 is 26.7 Å². The van der Waals surface area contributed by atoms with Crippen molar-refractivity contribution in [2.75, 3.05) is 5.75 Å². The van der Waals surface area contributed by atoms with E-state index in [2.05, 4.69) is 19.0 Å². The van der Waals surface area contributed by atoms with Crippen LogP contribution in [0.1, 0.15) is 54.6 Å². The minimum absolute atomic E-state index is 0.0342. The lowest BCUT2D eigenvalue weighted by atomic mass is 9.59. The molecule has 4 aliphatic carbocycles. The highest BCUT2D eigenvalue weighted by atomic mass is 32.2. The van der Waals surface area contributed by atoms with Gasteiger partial charge in [-0.15, -0.1) is 0 Å². The number of aryl methyl sites for hydroxylation is 1. The molecule has 194 valence electrons. The second kappa shape index (κ2) is 7.20. The van der Waals surface area contributed by atoms with Crippen molar-refractivity contribution in [2.24, 2.45) is 32.7 Å². The molecule has 4 aliphatic rings. The second-order valence-corrected chi connectivity index (χ2v) is 13.9. The molecular formula is C31H29NO5S. The number of hydrogen-bond donors (Lipinski definition) is 0. The zero-order valence-electron chi connectivity index (χ0n) is 21.7. The zero-order valence-corrected chi connectivity index (χ0v) is 22.5. The smallest absolute Gasteiger partial charge is 0.299 e. The third-order valence-corrected chi connectivity index (χ3v) is 11.7. The van der Waals surface area contributed by atoms with Gasteiger partial charge in [-0.25, -0.2) is 0 Å². The van der Waals surface area contributed by atoms with Crippen molar-refractivity contribution in [2.45, 2.75) is 40.0 Å². The summed E-state index contributed by atoms with van der Waals surface area (Å²) in [6.07, 6.45) is 1.92. The van der Waals surface area contributed by atoms with Crippen molar-refractivity contribution in [3.63, 3.8) is 0 Å². The summed E-state index contributed by atoms with van der Waals surface area (Å²) in [6, 6.07) is 20.0. The van der Waals surface area contributed by atoms with Crippen molar-refractivity contribution >= 4 is 38.2 Å². The first-order valence-corrected chi connectivity index (χ1v) is 14.7. The highest BCUT2D eigenvalue weighted by Gasteiger charge is 3.02. The quantitative estimate of drug-likeness (QED) is 0.231. The molecule has 0 radical (unpaired) electrons. The molecule has 0 saturated heterocycles. The number of Topliss-reactive ketones (excluding diaryl/α,β-unsaturated/α-hetero) is 2. The van der Waals surface area contributed by atoms with Crippen LogP contribution in [0, 0.1) is 34.5 Å². The summed E-state index contributed by atoms with van der Waals surface area (Å²) in [7, 11) is -4.13. The summed E-state index contributed by atoms with van der Waals surface area (Å²) >= 11 is 0. The van der Waals surface area contributed by atoms with Gasteiger partial charge in [0.15, 0.2) is 5.71 Å². The first-order chi connectivity index (χ1) is 18.0. The number of hydrogen-bond acceptors (Lipinski definition) is 6. The maximum Gasteiger partial charge on any atom is 0.329 e. The lowest BCUT2D eigenvalue weighted by Gasteiger charge is -2.44. The molecule has 0 aliphatic heterocycles. The fourth-order valence-electron chi connectivity index (χ4n) is 8.76. The van der Waals surface area contributed by atoms with Crippen molar-refractivity contribution in [1.82, 2.24) is 0 Å². The largest absolute Gasteiger partial charge is 0.329 e. The Hall–Kier alpha value is -3.32. The third kappa shape index (κ3) is 2.73. The Morgan fingerprint density at radius 1 is 0.974 bits per heavy atom. The maximum absolute atomic E-state index is 13.8. The van der Waals surface area contributed by atoms with Gasteiger partial charge in [-0.2, -0.15) is 8.42 Å². The number of carbonyl (C=O) groups excluding carboxylic acids is 2. The molecule has 7 rings (SSSR count). The van der Waals surface area contributed by atoms with Crippen molar-refractivity contribution in [3.8, 4) is 0 Å². The van der Waals surface area contributed by atoms with E-state index in [1.807, 2.05) is 43.3 Å². The molecule has 4 atom stereocenters. The Morgan fingerprint density at radius 3 is 2.39 bits per heavy atom. The van der Waals surface area contributed by atoms with Crippen LogP contribution in [-0.2, 0) is 19.2 Å². The van der Waals surface area contributed by atoms with Gasteiger partial charge >= 0.3 is 10.1 Å². The SMILES string of the molecule is Cc1ccc(C(=O)/C(=N/OS(=O)(=O)CC23CC24C(=O)CC2C(C)(C)C24C3)c2ccccc2)c2ccccc12. The lowest BCUT2D eigenvalue weighted by molar-refractivity contribution is -0.132. The maximum atomic E-state index is 13.8. The average Bonchev–Trinajstić information content (AvgIpc) is 3.55. The Bertz CT molecular complexity index is 1710. The topological polar surface area (TPSA) is 89.9 Å². The monoisotopic (exact) mass is 527 g/mol. The molecule has 4 unspecified atom stereocenters. The van der Waals surface area contributed by atoms with Crippen LogP contribution in [0.4, 0.5) is 0 Å². The fourth-order valence-corrected chi connectivity index (χ4v) is 10.1. The first-order valence-electron chi connectivity index (χ1n) is 13.1. The Balaban J connectivity index is 1.20. The Morgan fingerprint density at radius 2 is 1.66 bits per heavy atom. The van der Waals surface area contributed by atoms with Crippen LogP contribution in [0.15, 0.2) is 71.9 Å². The summed E-state index contributed by atoms with van der Waals surface area (Å²) in [4.78, 5) is 26.7. The molecule has 0 heterocycles. The van der Waals surface area contributed by atoms with Crippen LogP contribution < -0.4 is 0 Å². The van der Waals surface area contributed by atoms with E-state index in [1.54, 1.807) is 30.3 Å². The standard InChI is InChI=1S/C31H29NO5S/c1-19-13-14-23(22-12-8-7-11-21(19)22)27(34)26(20-9-5-4-6-10-20)32-37-38(35,36)18-29-16-30-24(28(30,2)3)15-25(33)31(29,30)17-29/h4-14,24H,15-18H2,1-3H3/b32-26+. The minimum Gasteiger partial charge on any atom is -0.299 e. The number of rotatable bonds is 7. The number of carbonyl (C=O) groups is 2. The van der Waals surface area contributed by atoms with Crippen molar-refractivity contribution < 1.29 is 22.3 Å². The van der Waals surface area contributed by atoms with Crippen LogP contribution in [0.3, 0.4) is 0 Å². The predicted octanol–water partition coefficient (Wildman–Crippen LogP) is 5.48. The van der Waals surface area contributed by atoms with Gasteiger partial charge in [0.1, 0.15) is 5.78 Å². The van der Waals surface area contributed by atoms with Gasteiger partial charge in [-0.3, -0.25) is 13.9 Å². The van der Waals surface area contributed by atoms with E-state index in [0.717, 1.165) is 22.8 Å². The fraction of sp³-hybridized carbons (Fsp3) is 0.387. The Kier molecular flexibility index (Phi) is 4.50. The van der Waals surface area contributed by atoms with Gasteiger partial charge in [0.2, 0.25) is 5.78 Å². The summed E-state index contributed by atoms with van der Waals surface area (Å²) in [6.45, 7) is 6.39. The van der Waals surface area contributed by atoms with E-state index >= 15 is 0 Å². The molecule has 2 spiro atoms. The average molecular weight is 528 g/mol. The third-order valence-electron chi connectivity index (χ3n) is 10.5. The molecule has 6 nitrogen and oxygen atoms in total. The molecule has 38 heavy (non-hydrogen) atoms. The lowest BCUT2D eigenvalue weighted by Crippen LogP contribution is -2.47. The molecule has 0 bridgehead atoms. The predicted molar refractivity (Wildman–Crippen MR) is 144 cm³/mol. The number of nitrogens with zero attached hydrogens (tertiary/aromatic N) is 1. The van der Waals surface area contributed by atoms with Crippen LogP contribution in [0.5, 0.6) is 0 Å². The first kappa shape index (κ1) is 23.8. The van der Waals surface area contributed by atoms with E-state index in [9.17, 15) is 18.0 Å². The van der Waals surface area contributed by atoms with E-state index in [-0.39, 0.29) is 28.1 Å². The van der Waals surface area contributed by atoms with Gasteiger partial charge in [0, 0.05) is 28.4 Å². The molecule has 3 aromatic rings. The molecule has 4 saturated carbocycles. The molecule has 0 amide bonds. The van der Waals surface area contributed by atoms with Gasteiger partial charge in [-0.1, -0.05) is 85.7 Å². The van der Waals surface area contributed by atoms with Gasteiger partial charge in [-0.05, 0) is 52.8 Å². The van der Waals surface area contributed by atoms with Gasteiger partial charge < -0.3 is 0 Å². The normalized spacial score (nSPS) is 32.1. The number of ketones is 2. The highest BCUT2D eigenvalue weighted by molar-refractivity contribution is 7.86. The van der Waals surface area contributed by atoms with Crippen LogP contribution in [-0.4, -0.2) is 31.4 Å². The number of benzene rings is 3. The van der Waals surface area contributed by atoms with Crippen molar-refractivity contribution in [3.05, 3.63) is 83.4 Å². The van der Waals surface area contributed by atoms with Crippen LogP contribution in [0.25, 0.3) is 10.8 Å².